The number of nitrogens with zero attached hydrogens (tertiary/aromatic N) is 1. The Morgan fingerprint density at radius 2 is 2.19 bits per heavy atom. The fourth-order valence-corrected chi connectivity index (χ4v) is 1.99. The van der Waals surface area contributed by atoms with E-state index in [1.807, 2.05) is 6.92 Å². The second-order valence-corrected chi connectivity index (χ2v) is 4.73. The quantitative estimate of drug-likeness (QED) is 0.598. The van der Waals surface area contributed by atoms with Crippen molar-refractivity contribution in [3.63, 3.8) is 0 Å². The third-order valence-electron chi connectivity index (χ3n) is 2.21. The number of nitro benzene ring substituents is 1. The van der Waals surface area contributed by atoms with Crippen molar-refractivity contribution in [1.82, 2.24) is 0 Å². The van der Waals surface area contributed by atoms with Crippen LogP contribution in [-0.4, -0.2) is 15.8 Å². The van der Waals surface area contributed by atoms with Crippen LogP contribution < -0.4 is 0 Å². The molecule has 0 aliphatic carbocycles. The lowest BCUT2D eigenvalue weighted by Gasteiger charge is -2.04. The van der Waals surface area contributed by atoms with Gasteiger partial charge in [0.15, 0.2) is 5.12 Å². The molecule has 86 valence electrons. The Labute approximate surface area is 98.2 Å². The first-order valence-corrected chi connectivity index (χ1v) is 5.86. The van der Waals surface area contributed by atoms with Gasteiger partial charge in [0.25, 0.3) is 5.69 Å². The first-order chi connectivity index (χ1) is 7.50. The Balaban J connectivity index is 2.68. The van der Waals surface area contributed by atoms with Crippen molar-refractivity contribution in [2.45, 2.75) is 20.3 Å². The summed E-state index contributed by atoms with van der Waals surface area (Å²) in [4.78, 5) is 20.9. The Bertz CT molecular complexity index is 418. The van der Waals surface area contributed by atoms with E-state index in [0.717, 1.165) is 17.5 Å². The molecule has 4 nitrogen and oxygen atoms in total. The zero-order valence-electron chi connectivity index (χ0n) is 9.23. The van der Waals surface area contributed by atoms with Crippen LogP contribution >= 0.6 is 11.8 Å². The van der Waals surface area contributed by atoms with E-state index in [2.05, 4.69) is 0 Å². The third kappa shape index (κ3) is 3.66. The van der Waals surface area contributed by atoms with Crippen molar-refractivity contribution in [3.05, 3.63) is 39.4 Å². The summed E-state index contributed by atoms with van der Waals surface area (Å²) in [6.45, 7) is 3.38. The van der Waals surface area contributed by atoms with Crippen molar-refractivity contribution in [3.8, 4) is 0 Å². The zero-order valence-corrected chi connectivity index (χ0v) is 10.0. The maximum atomic E-state index is 10.7. The SMILES string of the molecule is CC(=O)SCCc1ccc([N+](=O)[O-])cc1C. The van der Waals surface area contributed by atoms with Gasteiger partial charge in [0.05, 0.1) is 4.92 Å². The van der Waals surface area contributed by atoms with Crippen LogP contribution in [0.15, 0.2) is 18.2 Å². The number of aryl methyl sites for hydroxylation is 2. The maximum Gasteiger partial charge on any atom is 0.269 e. The van der Waals surface area contributed by atoms with Gasteiger partial charge in [0.2, 0.25) is 0 Å². The molecule has 0 radical (unpaired) electrons. The highest BCUT2D eigenvalue weighted by Crippen LogP contribution is 2.18. The van der Waals surface area contributed by atoms with Gasteiger partial charge >= 0.3 is 0 Å². The van der Waals surface area contributed by atoms with Crippen molar-refractivity contribution in [1.29, 1.82) is 0 Å². The molecule has 0 aromatic heterocycles. The van der Waals surface area contributed by atoms with E-state index in [9.17, 15) is 14.9 Å². The maximum absolute atomic E-state index is 10.7. The van der Waals surface area contributed by atoms with Crippen LogP contribution in [0, 0.1) is 17.0 Å². The topological polar surface area (TPSA) is 60.2 Å². The van der Waals surface area contributed by atoms with E-state index in [1.165, 1.54) is 24.8 Å². The van der Waals surface area contributed by atoms with Crippen molar-refractivity contribution < 1.29 is 9.72 Å². The molecule has 0 heterocycles. The largest absolute Gasteiger partial charge is 0.288 e. The molecule has 0 fully saturated rings. The second kappa shape index (κ2) is 5.65. The molecule has 0 aliphatic rings. The predicted molar refractivity (Wildman–Crippen MR) is 64.7 cm³/mol. The monoisotopic (exact) mass is 239 g/mol. The molecule has 0 spiro atoms. The lowest BCUT2D eigenvalue weighted by molar-refractivity contribution is -0.384. The average Bonchev–Trinajstić information content (AvgIpc) is 2.19. The lowest BCUT2D eigenvalue weighted by Crippen LogP contribution is -1.96. The Morgan fingerprint density at radius 3 is 2.69 bits per heavy atom. The molecule has 0 N–H and O–H groups in total. The molecule has 16 heavy (non-hydrogen) atoms. The summed E-state index contributed by atoms with van der Waals surface area (Å²) in [5.74, 6) is 0.716. The van der Waals surface area contributed by atoms with Gasteiger partial charge in [-0.05, 0) is 24.5 Å². The van der Waals surface area contributed by atoms with Gasteiger partial charge in [-0.25, -0.2) is 0 Å². The highest BCUT2D eigenvalue weighted by Gasteiger charge is 2.07. The van der Waals surface area contributed by atoms with E-state index in [-0.39, 0.29) is 10.8 Å². The number of thioether (sulfide) groups is 1. The standard InChI is InChI=1S/C11H13NO3S/c1-8-7-11(12(14)15)4-3-10(8)5-6-16-9(2)13/h3-4,7H,5-6H2,1-2H3. The summed E-state index contributed by atoms with van der Waals surface area (Å²) < 4.78 is 0. The Kier molecular flexibility index (Phi) is 4.49. The van der Waals surface area contributed by atoms with Gasteiger partial charge < -0.3 is 0 Å². The number of nitro groups is 1. The highest BCUT2D eigenvalue weighted by atomic mass is 32.2. The number of carbonyl (C=O) groups is 1. The van der Waals surface area contributed by atoms with Gasteiger partial charge in [0, 0.05) is 24.8 Å². The fraction of sp³-hybridized carbons (Fsp3) is 0.364. The number of non-ortho nitro benzene ring substituents is 1. The van der Waals surface area contributed by atoms with Gasteiger partial charge in [-0.2, -0.15) is 0 Å². The zero-order chi connectivity index (χ0) is 12.1. The van der Waals surface area contributed by atoms with Gasteiger partial charge in [0.1, 0.15) is 0 Å². The number of carbonyl (C=O) groups excluding carboxylic acids is 1. The molecule has 0 saturated heterocycles. The molecule has 0 unspecified atom stereocenters. The molecule has 0 aliphatic heterocycles. The Hall–Kier alpha value is -1.36. The molecule has 0 bridgehead atoms. The van der Waals surface area contributed by atoms with Crippen LogP contribution in [0.1, 0.15) is 18.1 Å². The molecule has 0 atom stereocenters. The van der Waals surface area contributed by atoms with Crippen LogP contribution in [0.3, 0.4) is 0 Å². The van der Waals surface area contributed by atoms with Gasteiger partial charge in [-0.3, -0.25) is 14.9 Å². The summed E-state index contributed by atoms with van der Waals surface area (Å²) in [5, 5.41) is 10.6. The third-order valence-corrected chi connectivity index (χ3v) is 3.03. The summed E-state index contributed by atoms with van der Waals surface area (Å²) in [6, 6.07) is 4.82. The lowest BCUT2D eigenvalue weighted by atomic mass is 10.1. The molecular formula is C11H13NO3S. The minimum Gasteiger partial charge on any atom is -0.288 e. The minimum absolute atomic E-state index is 0.0968. The first-order valence-electron chi connectivity index (χ1n) is 4.88. The number of rotatable bonds is 4. The molecule has 0 amide bonds. The van der Waals surface area contributed by atoms with Crippen LogP contribution in [0.2, 0.25) is 0 Å². The summed E-state index contributed by atoms with van der Waals surface area (Å²) in [6.07, 6.45) is 0.758. The Morgan fingerprint density at radius 1 is 1.50 bits per heavy atom. The van der Waals surface area contributed by atoms with Crippen LogP contribution in [0.5, 0.6) is 0 Å². The minimum atomic E-state index is -0.402. The summed E-state index contributed by atoms with van der Waals surface area (Å²) in [7, 11) is 0. The van der Waals surface area contributed by atoms with Crippen LogP contribution in [0.25, 0.3) is 0 Å². The first kappa shape index (κ1) is 12.7. The van der Waals surface area contributed by atoms with E-state index in [4.69, 9.17) is 0 Å². The molecule has 0 saturated carbocycles. The molecule has 5 heteroatoms. The molecule has 1 aromatic rings. The fourth-order valence-electron chi connectivity index (χ4n) is 1.38. The van der Waals surface area contributed by atoms with E-state index < -0.39 is 4.92 Å². The van der Waals surface area contributed by atoms with E-state index in [1.54, 1.807) is 12.1 Å². The number of benzene rings is 1. The second-order valence-electron chi connectivity index (χ2n) is 3.46. The van der Waals surface area contributed by atoms with Gasteiger partial charge in [-0.1, -0.05) is 17.8 Å². The molecular weight excluding hydrogens is 226 g/mol. The van der Waals surface area contributed by atoms with E-state index >= 15 is 0 Å². The van der Waals surface area contributed by atoms with Crippen molar-refractivity contribution in [2.24, 2.45) is 0 Å². The number of hydrogen-bond donors (Lipinski definition) is 0. The van der Waals surface area contributed by atoms with Crippen LogP contribution in [-0.2, 0) is 11.2 Å². The number of hydrogen-bond acceptors (Lipinski definition) is 4. The highest BCUT2D eigenvalue weighted by molar-refractivity contribution is 8.13. The molecule has 1 rings (SSSR count). The summed E-state index contributed by atoms with van der Waals surface area (Å²) >= 11 is 1.27. The normalized spacial score (nSPS) is 10.1. The smallest absolute Gasteiger partial charge is 0.269 e. The van der Waals surface area contributed by atoms with Gasteiger partial charge in [-0.15, -0.1) is 0 Å². The van der Waals surface area contributed by atoms with Crippen molar-refractivity contribution >= 4 is 22.6 Å². The summed E-state index contributed by atoms with van der Waals surface area (Å²) in [5.41, 5.74) is 2.07. The van der Waals surface area contributed by atoms with Crippen LogP contribution in [0.4, 0.5) is 5.69 Å². The van der Waals surface area contributed by atoms with E-state index in [0.29, 0.717) is 5.75 Å². The average molecular weight is 239 g/mol. The van der Waals surface area contributed by atoms with Crippen molar-refractivity contribution in [2.75, 3.05) is 5.75 Å². The predicted octanol–water partition coefficient (Wildman–Crippen LogP) is 2.73. The molecule has 1 aromatic carbocycles.